The Bertz CT molecular complexity index is 515. The molecular weight excluding hydrogens is 349 g/mol. The molecule has 148 valence electrons. The van der Waals surface area contributed by atoms with Crippen molar-refractivity contribution in [3.05, 3.63) is 29.3 Å². The molecule has 0 amide bonds. The quantitative estimate of drug-likeness (QED) is 0.258. The summed E-state index contributed by atoms with van der Waals surface area (Å²) in [6.07, 6.45) is 15.0. The smallest absolute Gasteiger partial charge is 0.420 e. The van der Waals surface area contributed by atoms with Gasteiger partial charge in [-0.3, -0.25) is 0 Å². The molecule has 0 aliphatic heterocycles. The Morgan fingerprint density at radius 2 is 1.69 bits per heavy atom. The van der Waals surface area contributed by atoms with Gasteiger partial charge in [-0.25, -0.2) is 0 Å². The van der Waals surface area contributed by atoms with Crippen LogP contribution in [-0.2, 0) is 0 Å². The number of rotatable bonds is 12. The van der Waals surface area contributed by atoms with Crippen molar-refractivity contribution >= 4 is 8.77 Å². The zero-order valence-electron chi connectivity index (χ0n) is 16.5. The summed E-state index contributed by atoms with van der Waals surface area (Å²) in [6.45, 7) is 4.40. The van der Waals surface area contributed by atoms with E-state index in [4.69, 9.17) is 4.52 Å². The maximum atomic E-state index is 12.9. The second kappa shape index (κ2) is 11.9. The van der Waals surface area contributed by atoms with Crippen molar-refractivity contribution < 1.29 is 12.9 Å². The molecule has 0 spiro atoms. The summed E-state index contributed by atoms with van der Waals surface area (Å²) < 4.78 is 30.6. The van der Waals surface area contributed by atoms with Gasteiger partial charge in [-0.05, 0) is 48.3 Å². The first-order chi connectivity index (χ1) is 12.6. The molecule has 26 heavy (non-hydrogen) atoms. The first kappa shape index (κ1) is 21.6. The second-order valence-corrected chi connectivity index (χ2v) is 8.47. The molecule has 1 aliphatic rings. The van der Waals surface area contributed by atoms with Crippen LogP contribution < -0.4 is 4.52 Å². The number of halogens is 2. The zero-order chi connectivity index (χ0) is 18.8. The van der Waals surface area contributed by atoms with Crippen molar-refractivity contribution in [3.8, 4) is 5.75 Å². The molecule has 0 heterocycles. The first-order valence-electron chi connectivity index (χ1n) is 10.5. The van der Waals surface area contributed by atoms with Gasteiger partial charge < -0.3 is 4.52 Å². The van der Waals surface area contributed by atoms with Crippen LogP contribution in [0.1, 0.15) is 114 Å². The standard InChI is InChI=1S/C22H35F2OP/c1-3-4-5-6-7-8-9-12-18(2)21-17-20(19-13-10-11-14-19)15-16-22(21)25-26(23)24/h15-19H,3-14H2,1-2H3. The molecule has 1 atom stereocenters. The Morgan fingerprint density at radius 1 is 1.04 bits per heavy atom. The summed E-state index contributed by atoms with van der Waals surface area (Å²) in [7, 11) is -3.36. The minimum Gasteiger partial charge on any atom is -0.420 e. The van der Waals surface area contributed by atoms with Crippen LogP contribution in [0.4, 0.5) is 8.39 Å². The monoisotopic (exact) mass is 384 g/mol. The Hall–Kier alpha value is -0.690. The van der Waals surface area contributed by atoms with Crippen molar-refractivity contribution in [2.24, 2.45) is 0 Å². The highest BCUT2D eigenvalue weighted by molar-refractivity contribution is 7.41. The van der Waals surface area contributed by atoms with E-state index in [1.807, 2.05) is 6.07 Å². The molecule has 1 unspecified atom stereocenters. The molecular formula is C22H35F2OP. The highest BCUT2D eigenvalue weighted by atomic mass is 31.2. The highest BCUT2D eigenvalue weighted by Crippen LogP contribution is 2.45. The van der Waals surface area contributed by atoms with Crippen LogP contribution >= 0.6 is 8.77 Å². The Labute approximate surface area is 160 Å². The van der Waals surface area contributed by atoms with Crippen molar-refractivity contribution in [2.75, 3.05) is 0 Å². The van der Waals surface area contributed by atoms with Crippen molar-refractivity contribution in [1.82, 2.24) is 0 Å². The molecule has 1 saturated carbocycles. The highest BCUT2D eigenvalue weighted by Gasteiger charge is 2.21. The van der Waals surface area contributed by atoms with Crippen LogP contribution in [0.5, 0.6) is 5.75 Å². The predicted molar refractivity (Wildman–Crippen MR) is 108 cm³/mol. The molecule has 1 aliphatic carbocycles. The molecule has 1 aromatic rings. The van der Waals surface area contributed by atoms with Gasteiger partial charge >= 0.3 is 8.77 Å². The van der Waals surface area contributed by atoms with Crippen molar-refractivity contribution in [2.45, 2.75) is 103 Å². The van der Waals surface area contributed by atoms with Crippen molar-refractivity contribution in [1.29, 1.82) is 0 Å². The number of hydrogen-bond donors (Lipinski definition) is 0. The third-order valence-corrected chi connectivity index (χ3v) is 6.13. The van der Waals surface area contributed by atoms with Crippen LogP contribution in [0, 0.1) is 0 Å². The van der Waals surface area contributed by atoms with Crippen LogP contribution in [-0.4, -0.2) is 0 Å². The van der Waals surface area contributed by atoms with Gasteiger partial charge in [-0.15, -0.1) is 8.39 Å². The first-order valence-corrected chi connectivity index (χ1v) is 11.6. The molecule has 0 bridgehead atoms. The van der Waals surface area contributed by atoms with Gasteiger partial charge in [0.05, 0.1) is 0 Å². The summed E-state index contributed by atoms with van der Waals surface area (Å²) in [6, 6.07) is 5.96. The predicted octanol–water partition coefficient (Wildman–Crippen LogP) is 9.13. The van der Waals surface area contributed by atoms with E-state index in [-0.39, 0.29) is 5.92 Å². The maximum absolute atomic E-state index is 12.9. The van der Waals surface area contributed by atoms with E-state index in [1.54, 1.807) is 6.07 Å². The Morgan fingerprint density at radius 3 is 2.35 bits per heavy atom. The molecule has 4 heteroatoms. The Balaban J connectivity index is 1.93. The summed E-state index contributed by atoms with van der Waals surface area (Å²) in [5.41, 5.74) is 2.31. The Kier molecular flexibility index (Phi) is 9.89. The third kappa shape index (κ3) is 7.14. The lowest BCUT2D eigenvalue weighted by molar-refractivity contribution is 0.489. The summed E-state index contributed by atoms with van der Waals surface area (Å²) in [5.74, 6) is 1.28. The maximum Gasteiger partial charge on any atom is 0.481 e. The molecule has 1 aromatic carbocycles. The fraction of sp³-hybridized carbons (Fsp3) is 0.727. The third-order valence-electron chi connectivity index (χ3n) is 5.80. The average molecular weight is 384 g/mol. The lowest BCUT2D eigenvalue weighted by Crippen LogP contribution is -2.01. The normalized spacial score (nSPS) is 16.3. The van der Waals surface area contributed by atoms with Gasteiger partial charge in [0.15, 0.2) is 0 Å². The van der Waals surface area contributed by atoms with E-state index in [2.05, 4.69) is 19.9 Å². The van der Waals surface area contributed by atoms with Crippen LogP contribution in [0.15, 0.2) is 18.2 Å². The lowest BCUT2D eigenvalue weighted by Gasteiger charge is -2.19. The minimum atomic E-state index is -3.36. The van der Waals surface area contributed by atoms with Crippen LogP contribution in [0.2, 0.25) is 0 Å². The molecule has 1 fully saturated rings. The summed E-state index contributed by atoms with van der Waals surface area (Å²) in [5, 5.41) is 0. The lowest BCUT2D eigenvalue weighted by atomic mass is 9.89. The van der Waals surface area contributed by atoms with E-state index in [1.165, 1.54) is 76.2 Å². The molecule has 1 nitrogen and oxygen atoms in total. The van der Waals surface area contributed by atoms with Gasteiger partial charge in [-0.2, -0.15) is 0 Å². The van der Waals surface area contributed by atoms with Gasteiger partial charge in [0.1, 0.15) is 5.75 Å². The zero-order valence-corrected chi connectivity index (χ0v) is 17.4. The molecule has 0 radical (unpaired) electrons. The van der Waals surface area contributed by atoms with Crippen LogP contribution in [0.3, 0.4) is 0 Å². The minimum absolute atomic E-state index is 0.275. The average Bonchev–Trinajstić information content (AvgIpc) is 3.15. The second-order valence-electron chi connectivity index (χ2n) is 7.88. The van der Waals surface area contributed by atoms with Crippen LogP contribution in [0.25, 0.3) is 0 Å². The topological polar surface area (TPSA) is 9.23 Å². The molecule has 0 N–H and O–H groups in total. The SMILES string of the molecule is CCCCCCCCCC(C)c1cc(C2CCCC2)ccc1OP(F)F. The van der Waals surface area contributed by atoms with Gasteiger partial charge in [0.2, 0.25) is 0 Å². The van der Waals surface area contributed by atoms with Gasteiger partial charge in [0, 0.05) is 0 Å². The molecule has 2 rings (SSSR count). The fourth-order valence-corrected chi connectivity index (χ4v) is 4.50. The van der Waals surface area contributed by atoms with Gasteiger partial charge in [0.25, 0.3) is 0 Å². The van der Waals surface area contributed by atoms with E-state index >= 15 is 0 Å². The van der Waals surface area contributed by atoms with E-state index in [0.717, 1.165) is 12.0 Å². The number of unbranched alkanes of at least 4 members (excludes halogenated alkanes) is 6. The number of benzene rings is 1. The van der Waals surface area contributed by atoms with Gasteiger partial charge in [-0.1, -0.05) is 83.8 Å². The van der Waals surface area contributed by atoms with E-state index in [9.17, 15) is 8.39 Å². The molecule has 0 saturated heterocycles. The molecule has 0 aromatic heterocycles. The summed E-state index contributed by atoms with van der Waals surface area (Å²) in [4.78, 5) is 0. The van der Waals surface area contributed by atoms with E-state index in [0.29, 0.717) is 11.7 Å². The number of hydrogen-bond acceptors (Lipinski definition) is 1. The van der Waals surface area contributed by atoms with Crippen molar-refractivity contribution in [3.63, 3.8) is 0 Å². The fourth-order valence-electron chi connectivity index (χ4n) is 4.19. The van der Waals surface area contributed by atoms with E-state index < -0.39 is 8.77 Å². The summed E-state index contributed by atoms with van der Waals surface area (Å²) >= 11 is 0. The largest absolute Gasteiger partial charge is 0.481 e.